The Morgan fingerprint density at radius 1 is 0.921 bits per heavy atom. The van der Waals surface area contributed by atoms with Gasteiger partial charge < -0.3 is 10.1 Å². The van der Waals surface area contributed by atoms with Gasteiger partial charge >= 0.3 is 0 Å². The summed E-state index contributed by atoms with van der Waals surface area (Å²) < 4.78 is 22.4. The van der Waals surface area contributed by atoms with E-state index in [4.69, 9.17) is 4.74 Å². The number of unbranched alkanes of at least 4 members (excludes halogenated alkanes) is 11. The maximum Gasteiger partial charge on any atom is 0.255 e. The van der Waals surface area contributed by atoms with Gasteiger partial charge in [-0.3, -0.25) is 4.79 Å². The van der Waals surface area contributed by atoms with Crippen LogP contribution < -0.4 is 14.6 Å². The lowest BCUT2D eigenvalue weighted by molar-refractivity contribution is -0.689. The average molecular weight is 540 g/mol. The number of carbonyl (C=O) groups is 1. The first-order chi connectivity index (χ1) is 18.6. The maximum absolute atomic E-state index is 14.6. The zero-order valence-electron chi connectivity index (χ0n) is 23.1. The van der Waals surface area contributed by atoms with Crippen molar-refractivity contribution in [1.29, 1.82) is 0 Å². The van der Waals surface area contributed by atoms with Crippen molar-refractivity contribution >= 4 is 22.9 Å². The predicted octanol–water partition coefficient (Wildman–Crippen LogP) is 8.86. The van der Waals surface area contributed by atoms with Crippen LogP contribution in [0.1, 0.15) is 106 Å². The quantitative estimate of drug-likeness (QED) is 0.130. The first-order valence-electron chi connectivity index (χ1n) is 14.3. The first kappa shape index (κ1) is 29.8. The number of rotatable bonds is 18. The highest BCUT2D eigenvalue weighted by Crippen LogP contribution is 2.22. The van der Waals surface area contributed by atoms with Crippen LogP contribution in [-0.2, 0) is 6.54 Å². The fraction of sp³-hybridized carbons (Fsp3) is 0.500. The van der Waals surface area contributed by atoms with Crippen molar-refractivity contribution in [3.8, 4) is 5.75 Å². The normalized spacial score (nSPS) is 11.0. The minimum absolute atomic E-state index is 0.233. The number of nitrogens with one attached hydrogen (secondary N) is 1. The third kappa shape index (κ3) is 10.6. The number of hydrogen-bond acceptors (Lipinski definition) is 3. The smallest absolute Gasteiger partial charge is 0.255 e. The number of aromatic nitrogens is 1. The van der Waals surface area contributed by atoms with Gasteiger partial charge in [0.05, 0.1) is 12.0 Å². The Labute approximate surface area is 232 Å². The van der Waals surface area contributed by atoms with Crippen LogP contribution in [0.3, 0.4) is 0 Å². The monoisotopic (exact) mass is 539 g/mol. The van der Waals surface area contributed by atoms with E-state index in [1.165, 1.54) is 76.0 Å². The summed E-state index contributed by atoms with van der Waals surface area (Å²) in [5.41, 5.74) is 5.24. The Hall–Kier alpha value is -2.73. The van der Waals surface area contributed by atoms with Gasteiger partial charge in [-0.15, -0.1) is 0 Å². The minimum Gasteiger partial charge on any atom is -0.491 e. The number of aryl methyl sites for hydroxylation is 1. The molecule has 0 fully saturated rings. The van der Waals surface area contributed by atoms with Crippen molar-refractivity contribution in [3.05, 3.63) is 76.0 Å². The first-order valence-corrected chi connectivity index (χ1v) is 15.3. The van der Waals surface area contributed by atoms with Gasteiger partial charge in [0.15, 0.2) is 23.8 Å². The van der Waals surface area contributed by atoms with Crippen molar-refractivity contribution < 1.29 is 18.5 Å². The number of amides is 1. The molecule has 1 amide bonds. The number of ether oxygens (including phenoxy) is 1. The molecule has 206 valence electrons. The molecule has 1 aromatic heterocycles. The molecule has 0 saturated carbocycles. The molecule has 1 N–H and O–H groups in total. The standard InChI is InChI=1S/C32H43FN2O2S/c1-3-4-5-6-7-8-9-10-11-12-13-14-20-37-31-19-18-29(22-30(31)33)34-32(36)28-17-15-16-27(21-28)23-35-25-38-24-26(35)2/h15-19,21-22,24-25H,3-14,20,23H2,1-2H3/p+1. The molecular formula is C32H44FN2O2S+. The molecule has 0 aliphatic heterocycles. The van der Waals surface area contributed by atoms with Gasteiger partial charge in [0.1, 0.15) is 0 Å². The second kappa shape index (κ2) is 17.0. The molecule has 0 bridgehead atoms. The summed E-state index contributed by atoms with van der Waals surface area (Å²) in [7, 11) is 0. The van der Waals surface area contributed by atoms with Crippen molar-refractivity contribution in [2.75, 3.05) is 11.9 Å². The lowest BCUT2D eigenvalue weighted by atomic mass is 10.1. The number of hydrogen-bond donors (Lipinski definition) is 1. The van der Waals surface area contributed by atoms with E-state index in [0.717, 1.165) is 18.4 Å². The largest absolute Gasteiger partial charge is 0.491 e. The van der Waals surface area contributed by atoms with E-state index in [9.17, 15) is 9.18 Å². The van der Waals surface area contributed by atoms with Gasteiger partial charge in [-0.1, -0.05) is 101 Å². The van der Waals surface area contributed by atoms with Gasteiger partial charge in [0.25, 0.3) is 5.91 Å². The molecule has 0 aliphatic rings. The number of anilines is 1. The van der Waals surface area contributed by atoms with E-state index in [2.05, 4.69) is 34.6 Å². The SMILES string of the molecule is CCCCCCCCCCCCCCOc1ccc(NC(=O)c2cccc(C[n+]3cscc3C)c2)cc1F. The molecule has 4 nitrogen and oxygen atoms in total. The summed E-state index contributed by atoms with van der Waals surface area (Å²) in [6.07, 6.45) is 15.4. The van der Waals surface area contributed by atoms with E-state index >= 15 is 0 Å². The average Bonchev–Trinajstić information content (AvgIpc) is 3.32. The molecule has 0 aliphatic carbocycles. The number of benzene rings is 2. The van der Waals surface area contributed by atoms with Gasteiger partial charge in [0.2, 0.25) is 5.51 Å². The molecule has 0 radical (unpaired) electrons. The second-order valence-electron chi connectivity index (χ2n) is 10.2. The number of carbonyl (C=O) groups excluding carboxylic acids is 1. The predicted molar refractivity (Wildman–Crippen MR) is 156 cm³/mol. The summed E-state index contributed by atoms with van der Waals surface area (Å²) in [6, 6.07) is 12.1. The van der Waals surface area contributed by atoms with Crippen LogP contribution in [0.5, 0.6) is 5.75 Å². The Morgan fingerprint density at radius 3 is 2.24 bits per heavy atom. The van der Waals surface area contributed by atoms with E-state index in [-0.39, 0.29) is 11.7 Å². The van der Waals surface area contributed by atoms with Crippen molar-refractivity contribution in [2.45, 2.75) is 97.4 Å². The van der Waals surface area contributed by atoms with Crippen molar-refractivity contribution in [3.63, 3.8) is 0 Å². The Balaban J connectivity index is 1.33. The van der Waals surface area contributed by atoms with Crippen LogP contribution >= 0.6 is 11.3 Å². The summed E-state index contributed by atoms with van der Waals surface area (Å²) in [5, 5.41) is 4.90. The third-order valence-corrected chi connectivity index (χ3v) is 7.72. The molecular weight excluding hydrogens is 495 g/mol. The molecule has 0 atom stereocenters. The van der Waals surface area contributed by atoms with Gasteiger partial charge in [0, 0.05) is 29.8 Å². The summed E-state index contributed by atoms with van der Waals surface area (Å²) >= 11 is 1.65. The Kier molecular flexibility index (Phi) is 13.3. The molecule has 1 heterocycles. The fourth-order valence-corrected chi connectivity index (χ4v) is 5.33. The molecule has 0 saturated heterocycles. The number of thiazole rings is 1. The van der Waals surface area contributed by atoms with Crippen LogP contribution in [0.15, 0.2) is 53.4 Å². The highest BCUT2D eigenvalue weighted by Gasteiger charge is 2.13. The summed E-state index contributed by atoms with van der Waals surface area (Å²) in [5.74, 6) is -0.487. The second-order valence-corrected chi connectivity index (χ2v) is 10.9. The summed E-state index contributed by atoms with van der Waals surface area (Å²) in [4.78, 5) is 12.8. The molecule has 38 heavy (non-hydrogen) atoms. The molecule has 6 heteroatoms. The third-order valence-electron chi connectivity index (χ3n) is 6.87. The maximum atomic E-state index is 14.6. The molecule has 2 aromatic carbocycles. The van der Waals surface area contributed by atoms with Crippen LogP contribution in [0, 0.1) is 12.7 Å². The topological polar surface area (TPSA) is 42.2 Å². The van der Waals surface area contributed by atoms with Crippen molar-refractivity contribution in [2.24, 2.45) is 0 Å². The lowest BCUT2D eigenvalue weighted by Crippen LogP contribution is -2.34. The van der Waals surface area contributed by atoms with Crippen LogP contribution in [-0.4, -0.2) is 12.5 Å². The van der Waals surface area contributed by atoms with Gasteiger partial charge in [-0.2, -0.15) is 4.57 Å². The number of nitrogens with zero attached hydrogens (tertiary/aromatic N) is 1. The lowest BCUT2D eigenvalue weighted by Gasteiger charge is -2.10. The molecule has 0 unspecified atom stereocenters. The molecule has 0 spiro atoms. The molecule has 3 aromatic rings. The summed E-state index contributed by atoms with van der Waals surface area (Å²) in [6.45, 7) is 5.53. The Morgan fingerprint density at radius 2 is 1.61 bits per heavy atom. The van der Waals surface area contributed by atoms with Crippen LogP contribution in [0.25, 0.3) is 0 Å². The number of halogens is 1. The van der Waals surface area contributed by atoms with E-state index in [1.807, 2.05) is 18.2 Å². The van der Waals surface area contributed by atoms with Gasteiger partial charge in [-0.05, 0) is 30.7 Å². The van der Waals surface area contributed by atoms with Gasteiger partial charge in [-0.25, -0.2) is 4.39 Å². The van der Waals surface area contributed by atoms with Crippen LogP contribution in [0.2, 0.25) is 0 Å². The van der Waals surface area contributed by atoms with Crippen LogP contribution in [0.4, 0.5) is 10.1 Å². The zero-order chi connectivity index (χ0) is 27.0. The molecule has 3 rings (SSSR count). The Bertz CT molecular complexity index is 1110. The van der Waals surface area contributed by atoms with E-state index in [1.54, 1.807) is 29.5 Å². The zero-order valence-corrected chi connectivity index (χ0v) is 24.0. The highest BCUT2D eigenvalue weighted by atomic mass is 32.1. The van der Waals surface area contributed by atoms with E-state index < -0.39 is 5.82 Å². The fourth-order valence-electron chi connectivity index (χ4n) is 4.55. The highest BCUT2D eigenvalue weighted by molar-refractivity contribution is 7.07. The van der Waals surface area contributed by atoms with Crippen molar-refractivity contribution in [1.82, 2.24) is 0 Å². The van der Waals surface area contributed by atoms with E-state index in [0.29, 0.717) is 24.4 Å². The minimum atomic E-state index is -0.458.